The molecule has 4 aromatic rings. The lowest BCUT2D eigenvalue weighted by Gasteiger charge is -2.00. The van der Waals surface area contributed by atoms with E-state index in [0.29, 0.717) is 22.5 Å². The molecule has 126 valence electrons. The van der Waals surface area contributed by atoms with Crippen molar-refractivity contribution in [3.63, 3.8) is 0 Å². The van der Waals surface area contributed by atoms with Crippen LogP contribution in [0.4, 0.5) is 15.2 Å². The Kier molecular flexibility index (Phi) is 4.77. The molecule has 0 atom stereocenters. The van der Waals surface area contributed by atoms with Crippen molar-refractivity contribution in [1.82, 2.24) is 15.2 Å². The third-order valence-corrected chi connectivity index (χ3v) is 5.97. The van der Waals surface area contributed by atoms with Crippen LogP contribution in [-0.2, 0) is 5.75 Å². The van der Waals surface area contributed by atoms with Crippen LogP contribution in [0.25, 0.3) is 10.8 Å². The molecule has 0 aliphatic carbocycles. The average Bonchev–Trinajstić information content (AvgIpc) is 3.34. The molecule has 5 nitrogen and oxygen atoms in total. The second kappa shape index (κ2) is 7.34. The van der Waals surface area contributed by atoms with E-state index >= 15 is 0 Å². The number of thiophene rings is 1. The maximum absolute atomic E-state index is 13.2. The molecular weight excluding hydrogens is 379 g/mol. The van der Waals surface area contributed by atoms with Gasteiger partial charge in [-0.3, -0.25) is 0 Å². The third kappa shape index (κ3) is 4.06. The Labute approximate surface area is 155 Å². The summed E-state index contributed by atoms with van der Waals surface area (Å²) in [5.74, 6) is 0.983. The van der Waals surface area contributed by atoms with Gasteiger partial charge in [0.05, 0.1) is 10.6 Å². The summed E-state index contributed by atoms with van der Waals surface area (Å²) in [6, 6.07) is 10.2. The van der Waals surface area contributed by atoms with Crippen molar-refractivity contribution in [3.05, 3.63) is 59.6 Å². The number of benzene rings is 1. The summed E-state index contributed by atoms with van der Waals surface area (Å²) in [7, 11) is 0. The fraction of sp³-hybridized carbons (Fsp3) is 0.0625. The Morgan fingerprint density at radius 3 is 3.00 bits per heavy atom. The molecule has 9 heteroatoms. The van der Waals surface area contributed by atoms with E-state index in [4.69, 9.17) is 4.42 Å². The SMILES string of the molecule is Fc1cccc(Nc2nnc(SCc3coc(-c4cccs4)n3)s2)c1. The minimum absolute atomic E-state index is 0.295. The van der Waals surface area contributed by atoms with E-state index in [0.717, 1.165) is 14.9 Å². The van der Waals surface area contributed by atoms with Crippen LogP contribution in [0, 0.1) is 5.82 Å². The number of oxazole rings is 1. The zero-order chi connectivity index (χ0) is 17.1. The van der Waals surface area contributed by atoms with Crippen molar-refractivity contribution in [2.45, 2.75) is 10.1 Å². The van der Waals surface area contributed by atoms with Gasteiger partial charge in [-0.25, -0.2) is 9.37 Å². The van der Waals surface area contributed by atoms with E-state index in [-0.39, 0.29) is 5.82 Å². The summed E-state index contributed by atoms with van der Waals surface area (Å²) in [4.78, 5) is 5.48. The first-order chi connectivity index (χ1) is 12.3. The van der Waals surface area contributed by atoms with Gasteiger partial charge in [0.25, 0.3) is 0 Å². The van der Waals surface area contributed by atoms with Crippen molar-refractivity contribution in [2.75, 3.05) is 5.32 Å². The van der Waals surface area contributed by atoms with Gasteiger partial charge in [0.15, 0.2) is 4.34 Å². The van der Waals surface area contributed by atoms with Gasteiger partial charge in [-0.2, -0.15) is 0 Å². The molecule has 0 aliphatic rings. The zero-order valence-corrected chi connectivity index (χ0v) is 15.1. The first-order valence-electron chi connectivity index (χ1n) is 7.23. The topological polar surface area (TPSA) is 63.8 Å². The van der Waals surface area contributed by atoms with E-state index in [2.05, 4.69) is 20.5 Å². The van der Waals surface area contributed by atoms with E-state index in [1.54, 1.807) is 29.7 Å². The smallest absolute Gasteiger partial charge is 0.236 e. The van der Waals surface area contributed by atoms with Gasteiger partial charge in [-0.15, -0.1) is 21.5 Å². The molecule has 0 unspecified atom stereocenters. The molecule has 0 fully saturated rings. The Morgan fingerprint density at radius 1 is 1.20 bits per heavy atom. The molecule has 3 aromatic heterocycles. The lowest BCUT2D eigenvalue weighted by atomic mass is 10.3. The van der Waals surface area contributed by atoms with E-state index in [1.807, 2.05) is 17.5 Å². The molecular formula is C16H11FN4OS3. The van der Waals surface area contributed by atoms with Gasteiger partial charge >= 0.3 is 0 Å². The van der Waals surface area contributed by atoms with Gasteiger partial charge in [-0.05, 0) is 29.6 Å². The quantitative estimate of drug-likeness (QED) is 0.443. The predicted octanol–water partition coefficient (Wildman–Crippen LogP) is 5.43. The second-order valence-corrected chi connectivity index (χ2v) is 8.07. The number of hydrogen-bond donors (Lipinski definition) is 1. The Morgan fingerprint density at radius 2 is 2.16 bits per heavy atom. The molecule has 0 spiro atoms. The standard InChI is InChI=1S/C16H11FN4OS3/c17-10-3-1-4-11(7-10)19-15-20-21-16(25-15)24-9-12-8-22-14(18-12)13-5-2-6-23-13/h1-8H,9H2,(H,19,20). The van der Waals surface area contributed by atoms with E-state index in [1.165, 1.54) is 35.2 Å². The van der Waals surface area contributed by atoms with E-state index in [9.17, 15) is 4.39 Å². The van der Waals surface area contributed by atoms with Crippen LogP contribution in [0.2, 0.25) is 0 Å². The predicted molar refractivity (Wildman–Crippen MR) is 99.0 cm³/mol. The molecule has 1 N–H and O–H groups in total. The first-order valence-corrected chi connectivity index (χ1v) is 9.91. The molecule has 4 rings (SSSR count). The van der Waals surface area contributed by atoms with Crippen molar-refractivity contribution in [1.29, 1.82) is 0 Å². The van der Waals surface area contributed by atoms with Crippen LogP contribution in [0.5, 0.6) is 0 Å². The summed E-state index contributed by atoms with van der Waals surface area (Å²) in [6.45, 7) is 0. The Balaban J connectivity index is 1.37. The fourth-order valence-electron chi connectivity index (χ4n) is 2.03. The van der Waals surface area contributed by atoms with Gasteiger partial charge < -0.3 is 9.73 Å². The number of nitrogens with one attached hydrogen (secondary N) is 1. The molecule has 0 amide bonds. The molecule has 0 aliphatic heterocycles. The Bertz CT molecular complexity index is 967. The molecule has 0 saturated carbocycles. The normalized spacial score (nSPS) is 10.9. The molecule has 0 bridgehead atoms. The highest BCUT2D eigenvalue weighted by atomic mass is 32.2. The third-order valence-electron chi connectivity index (χ3n) is 3.11. The zero-order valence-electron chi connectivity index (χ0n) is 12.7. The number of halogens is 1. The van der Waals surface area contributed by atoms with Gasteiger partial charge in [0.2, 0.25) is 11.0 Å². The Hall–Kier alpha value is -2.23. The number of rotatable bonds is 6. The first kappa shape index (κ1) is 16.2. The highest BCUT2D eigenvalue weighted by Crippen LogP contribution is 2.31. The minimum atomic E-state index is -0.295. The summed E-state index contributed by atoms with van der Waals surface area (Å²) < 4.78 is 19.5. The average molecular weight is 390 g/mol. The summed E-state index contributed by atoms with van der Waals surface area (Å²) in [6.07, 6.45) is 1.66. The highest BCUT2D eigenvalue weighted by molar-refractivity contribution is 8.00. The van der Waals surface area contributed by atoms with Crippen molar-refractivity contribution in [3.8, 4) is 10.8 Å². The molecule has 0 radical (unpaired) electrons. The van der Waals surface area contributed by atoms with Crippen LogP contribution in [0.3, 0.4) is 0 Å². The van der Waals surface area contributed by atoms with Crippen LogP contribution < -0.4 is 5.32 Å². The van der Waals surface area contributed by atoms with Crippen molar-refractivity contribution in [2.24, 2.45) is 0 Å². The van der Waals surface area contributed by atoms with E-state index < -0.39 is 0 Å². The number of aromatic nitrogens is 3. The maximum Gasteiger partial charge on any atom is 0.236 e. The van der Waals surface area contributed by atoms with Crippen molar-refractivity contribution >= 4 is 45.3 Å². The van der Waals surface area contributed by atoms with Crippen LogP contribution in [0.1, 0.15) is 5.69 Å². The number of hydrogen-bond acceptors (Lipinski definition) is 8. The monoisotopic (exact) mass is 390 g/mol. The summed E-state index contributed by atoms with van der Waals surface area (Å²) in [5, 5.41) is 13.8. The van der Waals surface area contributed by atoms with Crippen LogP contribution in [0.15, 0.2) is 56.8 Å². The second-order valence-electron chi connectivity index (χ2n) is 4.92. The van der Waals surface area contributed by atoms with Crippen LogP contribution in [-0.4, -0.2) is 15.2 Å². The largest absolute Gasteiger partial charge is 0.444 e. The minimum Gasteiger partial charge on any atom is -0.444 e. The lowest BCUT2D eigenvalue weighted by Crippen LogP contribution is -1.89. The summed E-state index contributed by atoms with van der Waals surface area (Å²) >= 11 is 4.53. The maximum atomic E-state index is 13.2. The fourth-order valence-corrected chi connectivity index (χ4v) is 4.34. The van der Waals surface area contributed by atoms with Crippen LogP contribution >= 0.6 is 34.4 Å². The lowest BCUT2D eigenvalue weighted by molar-refractivity contribution is 0.575. The molecule has 25 heavy (non-hydrogen) atoms. The van der Waals surface area contributed by atoms with Gasteiger partial charge in [0.1, 0.15) is 12.1 Å². The molecule has 0 saturated heterocycles. The number of anilines is 2. The van der Waals surface area contributed by atoms with Crippen molar-refractivity contribution < 1.29 is 8.81 Å². The highest BCUT2D eigenvalue weighted by Gasteiger charge is 2.10. The number of thioether (sulfide) groups is 1. The molecule has 3 heterocycles. The summed E-state index contributed by atoms with van der Waals surface area (Å²) in [5.41, 5.74) is 1.49. The molecule has 1 aromatic carbocycles. The van der Waals surface area contributed by atoms with Gasteiger partial charge in [-0.1, -0.05) is 35.2 Å². The van der Waals surface area contributed by atoms with Gasteiger partial charge in [0, 0.05) is 11.4 Å². The number of nitrogens with zero attached hydrogens (tertiary/aromatic N) is 3.